The van der Waals surface area contributed by atoms with Gasteiger partial charge < -0.3 is 15.0 Å². The van der Waals surface area contributed by atoms with Crippen molar-refractivity contribution in [3.63, 3.8) is 0 Å². The largest absolute Gasteiger partial charge is 0.497 e. The Kier molecular flexibility index (Phi) is 7.67. The lowest BCUT2D eigenvalue weighted by Crippen LogP contribution is -2.34. The Bertz CT molecular complexity index is 696. The van der Waals surface area contributed by atoms with Crippen LogP contribution in [0.2, 0.25) is 0 Å². The van der Waals surface area contributed by atoms with E-state index in [1.807, 2.05) is 32.3 Å². The summed E-state index contributed by atoms with van der Waals surface area (Å²) in [6.45, 7) is 2.72. The number of amides is 1. The van der Waals surface area contributed by atoms with Crippen molar-refractivity contribution in [2.45, 2.75) is 32.2 Å². The number of rotatable bonds is 9. The van der Waals surface area contributed by atoms with Gasteiger partial charge in [0.15, 0.2) is 0 Å². The number of hydrogen-bond acceptors (Lipinski definition) is 3. The minimum atomic E-state index is 0.0827. The van der Waals surface area contributed by atoms with Crippen LogP contribution in [0, 0.1) is 0 Å². The molecule has 26 heavy (non-hydrogen) atoms. The van der Waals surface area contributed by atoms with Gasteiger partial charge in [-0.3, -0.25) is 4.79 Å². The first-order chi connectivity index (χ1) is 12.5. The molecule has 0 saturated heterocycles. The minimum Gasteiger partial charge on any atom is -0.497 e. The van der Waals surface area contributed by atoms with E-state index in [-0.39, 0.29) is 11.9 Å². The molecule has 4 heteroatoms. The first-order valence-corrected chi connectivity index (χ1v) is 9.18. The molecule has 0 saturated carbocycles. The SMILES string of the molecule is CCc1ccc(CCC(=O)NCC(c2cccc(OC)c2)N(C)C)cc1. The average molecular weight is 354 g/mol. The van der Waals surface area contributed by atoms with E-state index in [9.17, 15) is 4.79 Å². The second-order valence-electron chi connectivity index (χ2n) is 6.73. The van der Waals surface area contributed by atoms with Crippen LogP contribution in [0.1, 0.15) is 36.1 Å². The number of nitrogens with one attached hydrogen (secondary N) is 1. The maximum Gasteiger partial charge on any atom is 0.220 e. The van der Waals surface area contributed by atoms with Gasteiger partial charge in [0.1, 0.15) is 5.75 Å². The maximum absolute atomic E-state index is 12.3. The highest BCUT2D eigenvalue weighted by Gasteiger charge is 2.16. The first kappa shape index (κ1) is 20.0. The molecule has 140 valence electrons. The highest BCUT2D eigenvalue weighted by molar-refractivity contribution is 5.76. The summed E-state index contributed by atoms with van der Waals surface area (Å²) in [5, 5.41) is 3.07. The number of aryl methyl sites for hydroxylation is 2. The van der Waals surface area contributed by atoms with E-state index in [1.54, 1.807) is 7.11 Å². The van der Waals surface area contributed by atoms with Crippen LogP contribution in [-0.4, -0.2) is 38.6 Å². The van der Waals surface area contributed by atoms with Crippen molar-refractivity contribution in [1.29, 1.82) is 0 Å². The van der Waals surface area contributed by atoms with E-state index in [4.69, 9.17) is 4.74 Å². The number of hydrogen-bond donors (Lipinski definition) is 1. The minimum absolute atomic E-state index is 0.0827. The molecular weight excluding hydrogens is 324 g/mol. The molecule has 4 nitrogen and oxygen atoms in total. The summed E-state index contributed by atoms with van der Waals surface area (Å²) in [7, 11) is 5.70. The van der Waals surface area contributed by atoms with Crippen molar-refractivity contribution in [3.05, 3.63) is 65.2 Å². The van der Waals surface area contributed by atoms with Gasteiger partial charge in [0, 0.05) is 13.0 Å². The second-order valence-corrected chi connectivity index (χ2v) is 6.73. The van der Waals surface area contributed by atoms with Crippen molar-refractivity contribution < 1.29 is 9.53 Å². The number of carbonyl (C=O) groups excluding carboxylic acids is 1. The van der Waals surface area contributed by atoms with Crippen molar-refractivity contribution in [1.82, 2.24) is 10.2 Å². The lowest BCUT2D eigenvalue weighted by Gasteiger charge is -2.25. The zero-order valence-electron chi connectivity index (χ0n) is 16.3. The highest BCUT2D eigenvalue weighted by Crippen LogP contribution is 2.22. The van der Waals surface area contributed by atoms with Gasteiger partial charge in [-0.25, -0.2) is 0 Å². The molecule has 0 radical (unpaired) electrons. The third-order valence-corrected chi connectivity index (χ3v) is 4.67. The number of nitrogens with zero attached hydrogens (tertiary/aromatic N) is 1. The molecular formula is C22H30N2O2. The quantitative estimate of drug-likeness (QED) is 0.748. The lowest BCUT2D eigenvalue weighted by atomic mass is 10.0. The van der Waals surface area contributed by atoms with E-state index in [0.29, 0.717) is 13.0 Å². The van der Waals surface area contributed by atoms with Crippen LogP contribution in [0.25, 0.3) is 0 Å². The molecule has 0 aliphatic heterocycles. The van der Waals surface area contributed by atoms with Crippen molar-refractivity contribution in [2.24, 2.45) is 0 Å². The monoisotopic (exact) mass is 354 g/mol. The lowest BCUT2D eigenvalue weighted by molar-refractivity contribution is -0.121. The van der Waals surface area contributed by atoms with Crippen LogP contribution < -0.4 is 10.1 Å². The Hall–Kier alpha value is -2.33. The zero-order chi connectivity index (χ0) is 18.9. The van der Waals surface area contributed by atoms with Crippen molar-refractivity contribution >= 4 is 5.91 Å². The summed E-state index contributed by atoms with van der Waals surface area (Å²) in [5.74, 6) is 0.913. The smallest absolute Gasteiger partial charge is 0.220 e. The highest BCUT2D eigenvalue weighted by atomic mass is 16.5. The van der Waals surface area contributed by atoms with Gasteiger partial charge >= 0.3 is 0 Å². The molecule has 2 aromatic rings. The standard InChI is InChI=1S/C22H30N2O2/c1-5-17-9-11-18(12-10-17)13-14-22(25)23-16-21(24(2)3)19-7-6-8-20(15-19)26-4/h6-12,15,21H,5,13-14,16H2,1-4H3,(H,23,25). The van der Waals surface area contributed by atoms with Crippen LogP contribution in [0.3, 0.4) is 0 Å². The molecule has 0 aromatic heterocycles. The van der Waals surface area contributed by atoms with Gasteiger partial charge in [0.05, 0.1) is 13.2 Å². The van der Waals surface area contributed by atoms with Gasteiger partial charge in [-0.15, -0.1) is 0 Å². The van der Waals surface area contributed by atoms with Gasteiger partial charge in [-0.1, -0.05) is 43.3 Å². The summed E-state index contributed by atoms with van der Waals surface area (Å²) in [4.78, 5) is 14.4. The molecule has 1 N–H and O–H groups in total. The third kappa shape index (κ3) is 5.88. The Labute approximate surface area is 157 Å². The van der Waals surface area contributed by atoms with E-state index in [1.165, 1.54) is 11.1 Å². The summed E-state index contributed by atoms with van der Waals surface area (Å²) in [6, 6.07) is 16.6. The first-order valence-electron chi connectivity index (χ1n) is 9.18. The number of likely N-dealkylation sites (N-methyl/N-ethyl adjacent to an activating group) is 1. The molecule has 1 amide bonds. The zero-order valence-corrected chi connectivity index (χ0v) is 16.3. The molecule has 2 rings (SSSR count). The average Bonchev–Trinajstić information content (AvgIpc) is 2.66. The Morgan fingerprint density at radius 2 is 1.81 bits per heavy atom. The molecule has 1 unspecified atom stereocenters. The van der Waals surface area contributed by atoms with Crippen molar-refractivity contribution in [2.75, 3.05) is 27.7 Å². The van der Waals surface area contributed by atoms with E-state index >= 15 is 0 Å². The molecule has 0 aliphatic carbocycles. The predicted molar refractivity (Wildman–Crippen MR) is 107 cm³/mol. The van der Waals surface area contributed by atoms with Crippen LogP contribution in [0.15, 0.2) is 48.5 Å². The van der Waals surface area contributed by atoms with Gasteiger partial charge in [-0.2, -0.15) is 0 Å². The summed E-state index contributed by atoms with van der Waals surface area (Å²) in [6.07, 6.45) is 2.31. The Morgan fingerprint density at radius 3 is 2.42 bits per heavy atom. The fraction of sp³-hybridized carbons (Fsp3) is 0.409. The fourth-order valence-corrected chi connectivity index (χ4v) is 2.95. The van der Waals surface area contributed by atoms with Crippen LogP contribution >= 0.6 is 0 Å². The number of ether oxygens (including phenoxy) is 1. The summed E-state index contributed by atoms with van der Waals surface area (Å²) >= 11 is 0. The molecule has 2 aromatic carbocycles. The molecule has 1 atom stereocenters. The molecule has 0 bridgehead atoms. The van der Waals surface area contributed by atoms with E-state index in [0.717, 1.165) is 24.2 Å². The predicted octanol–water partition coefficient (Wildman–Crippen LogP) is 3.61. The van der Waals surface area contributed by atoms with Gasteiger partial charge in [0.2, 0.25) is 5.91 Å². The maximum atomic E-state index is 12.3. The normalized spacial score (nSPS) is 12.0. The number of carbonyl (C=O) groups is 1. The third-order valence-electron chi connectivity index (χ3n) is 4.67. The molecule has 0 heterocycles. The van der Waals surface area contributed by atoms with E-state index in [2.05, 4.69) is 47.5 Å². The van der Waals surface area contributed by atoms with E-state index < -0.39 is 0 Å². The number of methoxy groups -OCH3 is 1. The topological polar surface area (TPSA) is 41.6 Å². The molecule has 0 fully saturated rings. The fourth-order valence-electron chi connectivity index (χ4n) is 2.95. The Balaban J connectivity index is 1.88. The summed E-state index contributed by atoms with van der Waals surface area (Å²) in [5.41, 5.74) is 3.66. The van der Waals surface area contributed by atoms with Crippen LogP contribution in [-0.2, 0) is 17.6 Å². The van der Waals surface area contributed by atoms with Gasteiger partial charge in [0.25, 0.3) is 0 Å². The van der Waals surface area contributed by atoms with Crippen LogP contribution in [0.4, 0.5) is 0 Å². The van der Waals surface area contributed by atoms with Crippen molar-refractivity contribution in [3.8, 4) is 5.75 Å². The second kappa shape index (κ2) is 9.97. The summed E-state index contributed by atoms with van der Waals surface area (Å²) < 4.78 is 5.31. The van der Waals surface area contributed by atoms with Gasteiger partial charge in [-0.05, 0) is 55.8 Å². The molecule has 0 aliphatic rings. The molecule has 0 spiro atoms. The Morgan fingerprint density at radius 1 is 1.12 bits per heavy atom. The van der Waals surface area contributed by atoms with Crippen LogP contribution in [0.5, 0.6) is 5.75 Å². The number of benzene rings is 2.